The Morgan fingerprint density at radius 2 is 1.84 bits per heavy atom. The summed E-state index contributed by atoms with van der Waals surface area (Å²) in [5.41, 5.74) is 3.38. The lowest BCUT2D eigenvalue weighted by atomic mass is 9.81. The molecule has 0 saturated carbocycles. The van der Waals surface area contributed by atoms with E-state index in [2.05, 4.69) is 65.0 Å². The number of hydrogen-bond donors (Lipinski definition) is 0. The average molecular weight is 392 g/mol. The maximum Gasteiger partial charge on any atom is 0.228 e. The molecule has 1 aliphatic rings. The second kappa shape index (κ2) is 6.49. The highest BCUT2D eigenvalue weighted by atomic mass is 79.9. The minimum absolute atomic E-state index is 0.0465. The van der Waals surface area contributed by atoms with Crippen molar-refractivity contribution < 1.29 is 4.79 Å². The van der Waals surface area contributed by atoms with Crippen molar-refractivity contribution in [2.45, 2.75) is 12.3 Å². The fourth-order valence-electron chi connectivity index (χ4n) is 3.76. The summed E-state index contributed by atoms with van der Waals surface area (Å²) < 4.78 is 1.05. The van der Waals surface area contributed by atoms with E-state index in [-0.39, 0.29) is 11.8 Å². The van der Waals surface area contributed by atoms with Gasteiger partial charge in [-0.2, -0.15) is 0 Å². The number of fused-ring (bicyclic) bond motifs is 3. The summed E-state index contributed by atoms with van der Waals surface area (Å²) in [6, 6.07) is 20.8. The Morgan fingerprint density at radius 3 is 2.64 bits per heavy atom. The molecule has 4 rings (SSSR count). The van der Waals surface area contributed by atoms with Gasteiger partial charge in [-0.25, -0.2) is 0 Å². The van der Waals surface area contributed by atoms with Crippen molar-refractivity contribution in [2.75, 3.05) is 11.4 Å². The van der Waals surface area contributed by atoms with E-state index >= 15 is 0 Å². The summed E-state index contributed by atoms with van der Waals surface area (Å²) in [6.45, 7) is 4.35. The van der Waals surface area contributed by atoms with Crippen LogP contribution in [0.5, 0.6) is 0 Å². The van der Waals surface area contributed by atoms with Gasteiger partial charge in [-0.15, -0.1) is 6.58 Å². The number of carbonyl (C=O) groups excluding carboxylic acids is 1. The highest BCUT2D eigenvalue weighted by Gasteiger charge is 2.33. The first-order valence-electron chi connectivity index (χ1n) is 8.38. The first-order valence-corrected chi connectivity index (χ1v) is 9.17. The van der Waals surface area contributed by atoms with Crippen LogP contribution in [0.15, 0.2) is 77.8 Å². The zero-order valence-electron chi connectivity index (χ0n) is 13.8. The molecule has 0 aliphatic carbocycles. The van der Waals surface area contributed by atoms with Crippen LogP contribution in [-0.2, 0) is 4.79 Å². The van der Waals surface area contributed by atoms with E-state index in [1.165, 1.54) is 16.3 Å². The van der Waals surface area contributed by atoms with Crippen LogP contribution in [0.4, 0.5) is 5.69 Å². The largest absolute Gasteiger partial charge is 0.308 e. The molecule has 0 aromatic heterocycles. The van der Waals surface area contributed by atoms with Crippen molar-refractivity contribution in [1.82, 2.24) is 0 Å². The van der Waals surface area contributed by atoms with Crippen LogP contribution in [0.3, 0.4) is 0 Å². The van der Waals surface area contributed by atoms with Gasteiger partial charge in [0.25, 0.3) is 0 Å². The Labute approximate surface area is 155 Å². The van der Waals surface area contributed by atoms with Gasteiger partial charge in [-0.3, -0.25) is 4.79 Å². The molecular formula is C22H18BrNO. The molecule has 1 amide bonds. The predicted octanol–water partition coefficient (Wildman–Crippen LogP) is 5.66. The van der Waals surface area contributed by atoms with Crippen LogP contribution < -0.4 is 4.90 Å². The fourth-order valence-corrected chi connectivity index (χ4v) is 4.32. The van der Waals surface area contributed by atoms with E-state index in [0.29, 0.717) is 13.0 Å². The molecule has 25 heavy (non-hydrogen) atoms. The molecule has 3 heteroatoms. The maximum absolute atomic E-state index is 12.8. The Balaban J connectivity index is 2.02. The standard InChI is InChI=1S/C22H18BrNO/c1-2-13-24-20-12-11-15-7-3-4-8-16(15)22(20)18(14-21(24)25)17-9-5-6-10-19(17)23/h2-12,18H,1,13-14H2. The minimum Gasteiger partial charge on any atom is -0.308 e. The lowest BCUT2D eigenvalue weighted by molar-refractivity contribution is -0.119. The molecule has 1 heterocycles. The molecule has 3 aromatic rings. The van der Waals surface area contributed by atoms with E-state index in [9.17, 15) is 4.79 Å². The van der Waals surface area contributed by atoms with E-state index < -0.39 is 0 Å². The van der Waals surface area contributed by atoms with Crippen LogP contribution >= 0.6 is 15.9 Å². The molecule has 0 spiro atoms. The topological polar surface area (TPSA) is 20.3 Å². The summed E-state index contributed by atoms with van der Waals surface area (Å²) in [5.74, 6) is 0.189. The third-order valence-electron chi connectivity index (χ3n) is 4.86. The predicted molar refractivity (Wildman–Crippen MR) is 107 cm³/mol. The van der Waals surface area contributed by atoms with Crippen molar-refractivity contribution >= 4 is 38.3 Å². The summed E-state index contributed by atoms with van der Waals surface area (Å²) in [6.07, 6.45) is 2.26. The van der Waals surface area contributed by atoms with Gasteiger partial charge in [0, 0.05) is 29.0 Å². The highest BCUT2D eigenvalue weighted by Crippen LogP contribution is 2.45. The average Bonchev–Trinajstić information content (AvgIpc) is 2.64. The van der Waals surface area contributed by atoms with Gasteiger partial charge in [0.15, 0.2) is 0 Å². The number of benzene rings is 3. The van der Waals surface area contributed by atoms with Crippen LogP contribution in [0.1, 0.15) is 23.5 Å². The number of amides is 1. The van der Waals surface area contributed by atoms with Crippen molar-refractivity contribution in [2.24, 2.45) is 0 Å². The summed E-state index contributed by atoms with van der Waals surface area (Å²) in [7, 11) is 0. The highest BCUT2D eigenvalue weighted by molar-refractivity contribution is 9.10. The molecule has 0 saturated heterocycles. The third kappa shape index (κ3) is 2.69. The van der Waals surface area contributed by atoms with Gasteiger partial charge in [-0.1, -0.05) is 70.5 Å². The number of carbonyl (C=O) groups is 1. The van der Waals surface area contributed by atoms with E-state index in [1.54, 1.807) is 6.08 Å². The van der Waals surface area contributed by atoms with Gasteiger partial charge >= 0.3 is 0 Å². The molecule has 3 aromatic carbocycles. The second-order valence-electron chi connectivity index (χ2n) is 6.29. The van der Waals surface area contributed by atoms with Crippen molar-refractivity contribution in [3.8, 4) is 0 Å². The molecule has 0 bridgehead atoms. The smallest absolute Gasteiger partial charge is 0.228 e. The van der Waals surface area contributed by atoms with E-state index in [4.69, 9.17) is 0 Å². The number of nitrogens with zero attached hydrogens (tertiary/aromatic N) is 1. The summed E-state index contributed by atoms with van der Waals surface area (Å²) >= 11 is 3.67. The molecule has 1 atom stereocenters. The van der Waals surface area contributed by atoms with Crippen LogP contribution in [0.25, 0.3) is 10.8 Å². The quantitative estimate of drug-likeness (QED) is 0.527. The van der Waals surface area contributed by atoms with Gasteiger partial charge in [0.05, 0.1) is 0 Å². The van der Waals surface area contributed by atoms with Crippen molar-refractivity contribution in [3.63, 3.8) is 0 Å². The fraction of sp³-hybridized carbons (Fsp3) is 0.136. The summed E-state index contributed by atoms with van der Waals surface area (Å²) in [5, 5.41) is 2.41. The number of rotatable bonds is 3. The Kier molecular flexibility index (Phi) is 4.18. The molecule has 2 nitrogen and oxygen atoms in total. The number of anilines is 1. The Bertz CT molecular complexity index is 979. The van der Waals surface area contributed by atoms with E-state index in [0.717, 1.165) is 15.7 Å². The zero-order valence-corrected chi connectivity index (χ0v) is 15.4. The molecule has 0 fully saturated rings. The third-order valence-corrected chi connectivity index (χ3v) is 5.58. The van der Waals surface area contributed by atoms with Crippen LogP contribution in [0, 0.1) is 0 Å². The van der Waals surface area contributed by atoms with Gasteiger partial charge in [0.1, 0.15) is 0 Å². The minimum atomic E-state index is 0.0465. The zero-order chi connectivity index (χ0) is 17.4. The van der Waals surface area contributed by atoms with Crippen LogP contribution in [-0.4, -0.2) is 12.5 Å². The van der Waals surface area contributed by atoms with Gasteiger partial charge in [0.2, 0.25) is 5.91 Å². The monoisotopic (exact) mass is 391 g/mol. The first kappa shape index (κ1) is 16.1. The van der Waals surface area contributed by atoms with E-state index in [1.807, 2.05) is 23.1 Å². The number of hydrogen-bond acceptors (Lipinski definition) is 1. The SMILES string of the molecule is C=CCN1C(=O)CC(c2ccccc2Br)c2c1ccc1ccccc21. The van der Waals surface area contributed by atoms with Gasteiger partial charge < -0.3 is 4.90 Å². The molecule has 0 radical (unpaired) electrons. The normalized spacial score (nSPS) is 16.8. The van der Waals surface area contributed by atoms with Crippen LogP contribution in [0.2, 0.25) is 0 Å². The molecular weight excluding hydrogens is 374 g/mol. The first-order chi connectivity index (χ1) is 12.2. The maximum atomic E-state index is 12.8. The van der Waals surface area contributed by atoms with Crippen molar-refractivity contribution in [1.29, 1.82) is 0 Å². The summed E-state index contributed by atoms with van der Waals surface area (Å²) in [4.78, 5) is 14.7. The second-order valence-corrected chi connectivity index (χ2v) is 7.15. The molecule has 124 valence electrons. The van der Waals surface area contributed by atoms with Crippen molar-refractivity contribution in [3.05, 3.63) is 88.9 Å². The Morgan fingerprint density at radius 1 is 1.08 bits per heavy atom. The molecule has 1 aliphatic heterocycles. The molecule has 1 unspecified atom stereocenters. The molecule has 0 N–H and O–H groups in total. The lowest BCUT2D eigenvalue weighted by Crippen LogP contribution is -2.37. The number of halogens is 1. The Hall–Kier alpha value is -2.39. The van der Waals surface area contributed by atoms with Gasteiger partial charge in [-0.05, 0) is 34.0 Å². The lowest BCUT2D eigenvalue weighted by Gasteiger charge is -2.35.